The third-order valence-corrected chi connectivity index (χ3v) is 2.48. The Hall–Kier alpha value is -0.340. The predicted molar refractivity (Wildman–Crippen MR) is 49.0 cm³/mol. The molecule has 0 saturated carbocycles. The van der Waals surface area contributed by atoms with Gasteiger partial charge < -0.3 is 9.84 Å². The summed E-state index contributed by atoms with van der Waals surface area (Å²) >= 11 is 0. The molecule has 12 heavy (non-hydrogen) atoms. The van der Waals surface area contributed by atoms with Gasteiger partial charge in [-0.15, -0.1) is 0 Å². The zero-order chi connectivity index (χ0) is 9.35. The fraction of sp³-hybridized carbons (Fsp3) is 0.800. The van der Waals surface area contributed by atoms with Crippen LogP contribution in [0.4, 0.5) is 0 Å². The fourth-order valence-electron chi connectivity index (χ4n) is 1.46. The maximum atomic E-state index is 9.66. The van der Waals surface area contributed by atoms with Gasteiger partial charge in [-0.05, 0) is 27.2 Å². The summed E-state index contributed by atoms with van der Waals surface area (Å²) in [7, 11) is 0. The fourth-order valence-corrected chi connectivity index (χ4v) is 1.46. The van der Waals surface area contributed by atoms with Gasteiger partial charge >= 0.3 is 0 Å². The van der Waals surface area contributed by atoms with Crippen molar-refractivity contribution in [3.05, 3.63) is 12.2 Å². The molecule has 0 bridgehead atoms. The van der Waals surface area contributed by atoms with E-state index in [1.807, 2.05) is 6.92 Å². The topological polar surface area (TPSA) is 29.5 Å². The van der Waals surface area contributed by atoms with Crippen molar-refractivity contribution >= 4 is 0 Å². The highest BCUT2D eigenvalue weighted by atomic mass is 16.5. The summed E-state index contributed by atoms with van der Waals surface area (Å²) < 4.78 is 5.48. The summed E-state index contributed by atoms with van der Waals surface area (Å²) in [4.78, 5) is 0. The van der Waals surface area contributed by atoms with Crippen LogP contribution in [-0.2, 0) is 4.74 Å². The predicted octanol–water partition coefficient (Wildman–Crippen LogP) is 1.74. The molecular weight excluding hydrogens is 152 g/mol. The van der Waals surface area contributed by atoms with Gasteiger partial charge in [-0.2, -0.15) is 0 Å². The molecule has 1 rings (SSSR count). The van der Waals surface area contributed by atoms with Crippen molar-refractivity contribution < 1.29 is 9.84 Å². The van der Waals surface area contributed by atoms with Gasteiger partial charge in [0.15, 0.2) is 0 Å². The molecule has 1 heterocycles. The third-order valence-electron chi connectivity index (χ3n) is 2.48. The minimum Gasteiger partial charge on any atom is -0.388 e. The second kappa shape index (κ2) is 3.19. The molecule has 1 saturated heterocycles. The Bertz CT molecular complexity index is 179. The minimum absolute atomic E-state index is 0.0285. The first-order valence-electron chi connectivity index (χ1n) is 4.40. The lowest BCUT2D eigenvalue weighted by Gasteiger charge is -2.24. The van der Waals surface area contributed by atoms with Crippen LogP contribution in [0.3, 0.4) is 0 Å². The van der Waals surface area contributed by atoms with Crippen molar-refractivity contribution in [2.45, 2.75) is 38.9 Å². The second-order valence-electron chi connectivity index (χ2n) is 4.25. The molecule has 0 radical (unpaired) electrons. The monoisotopic (exact) mass is 170 g/mol. The molecule has 0 unspecified atom stereocenters. The summed E-state index contributed by atoms with van der Waals surface area (Å²) in [5.74, 6) is 0.432. The van der Waals surface area contributed by atoms with E-state index in [9.17, 15) is 5.11 Å². The first-order valence-corrected chi connectivity index (χ1v) is 4.40. The Morgan fingerprint density at radius 3 is 2.42 bits per heavy atom. The van der Waals surface area contributed by atoms with Gasteiger partial charge in [-0.3, -0.25) is 0 Å². The largest absolute Gasteiger partial charge is 0.388 e. The van der Waals surface area contributed by atoms with E-state index in [0.29, 0.717) is 12.5 Å². The zero-order valence-electron chi connectivity index (χ0n) is 8.13. The van der Waals surface area contributed by atoms with Crippen molar-refractivity contribution in [2.24, 2.45) is 5.92 Å². The Morgan fingerprint density at radius 2 is 2.17 bits per heavy atom. The first-order chi connectivity index (χ1) is 5.41. The van der Waals surface area contributed by atoms with E-state index in [2.05, 4.69) is 6.58 Å². The van der Waals surface area contributed by atoms with Crippen molar-refractivity contribution in [1.29, 1.82) is 0 Å². The molecule has 2 atom stereocenters. The van der Waals surface area contributed by atoms with Crippen LogP contribution < -0.4 is 0 Å². The molecule has 0 aromatic heterocycles. The highest BCUT2D eigenvalue weighted by Crippen LogP contribution is 2.30. The second-order valence-corrected chi connectivity index (χ2v) is 4.25. The van der Waals surface area contributed by atoms with Gasteiger partial charge in [-0.1, -0.05) is 12.2 Å². The van der Waals surface area contributed by atoms with Gasteiger partial charge in [0.1, 0.15) is 0 Å². The summed E-state index contributed by atoms with van der Waals surface area (Å²) in [5.41, 5.74) is 0.436. The van der Waals surface area contributed by atoms with Gasteiger partial charge in [0.25, 0.3) is 0 Å². The Kier molecular flexibility index (Phi) is 2.59. The molecule has 2 heteroatoms. The summed E-state index contributed by atoms with van der Waals surface area (Å²) in [6, 6.07) is 0. The Morgan fingerprint density at radius 1 is 1.58 bits per heavy atom. The summed E-state index contributed by atoms with van der Waals surface area (Å²) in [5, 5.41) is 9.66. The van der Waals surface area contributed by atoms with Crippen LogP contribution in [0.1, 0.15) is 27.2 Å². The maximum Gasteiger partial charge on any atom is 0.0863 e. The van der Waals surface area contributed by atoms with Gasteiger partial charge in [0.05, 0.1) is 18.3 Å². The maximum absolute atomic E-state index is 9.66. The normalized spacial score (nSPS) is 30.7. The van der Waals surface area contributed by atoms with E-state index in [1.54, 1.807) is 13.8 Å². The third kappa shape index (κ3) is 2.08. The van der Waals surface area contributed by atoms with Crippen LogP contribution in [0.15, 0.2) is 12.2 Å². The number of ether oxygens (including phenoxy) is 1. The van der Waals surface area contributed by atoms with Crippen LogP contribution in [0.25, 0.3) is 0 Å². The number of aliphatic hydroxyl groups is 1. The lowest BCUT2D eigenvalue weighted by Crippen LogP contribution is -2.35. The van der Waals surface area contributed by atoms with E-state index in [-0.39, 0.29) is 6.10 Å². The molecule has 1 fully saturated rings. The molecule has 0 aromatic carbocycles. The van der Waals surface area contributed by atoms with Crippen molar-refractivity contribution in [3.63, 3.8) is 0 Å². The van der Waals surface area contributed by atoms with Crippen LogP contribution in [0.2, 0.25) is 0 Å². The number of hydrogen-bond acceptors (Lipinski definition) is 2. The average Bonchev–Trinajstić information content (AvgIpc) is 2.30. The molecule has 0 aromatic rings. The number of rotatable bonds is 2. The molecule has 1 aliphatic heterocycles. The first kappa shape index (κ1) is 9.75. The Balaban J connectivity index is 2.51. The highest BCUT2D eigenvalue weighted by molar-refractivity contribution is 5.01. The van der Waals surface area contributed by atoms with Gasteiger partial charge in [-0.25, -0.2) is 0 Å². The van der Waals surface area contributed by atoms with Gasteiger partial charge in [0, 0.05) is 5.92 Å². The van der Waals surface area contributed by atoms with E-state index < -0.39 is 5.60 Å². The molecule has 0 amide bonds. The molecule has 1 N–H and O–H groups in total. The average molecular weight is 170 g/mol. The van der Waals surface area contributed by atoms with Crippen molar-refractivity contribution in [3.8, 4) is 0 Å². The molecule has 0 aliphatic carbocycles. The smallest absolute Gasteiger partial charge is 0.0863 e. The molecule has 2 nitrogen and oxygen atoms in total. The summed E-state index contributed by atoms with van der Waals surface area (Å²) in [6.45, 7) is 10.2. The summed E-state index contributed by atoms with van der Waals surface area (Å²) in [6.07, 6.45) is 0.873. The van der Waals surface area contributed by atoms with E-state index >= 15 is 0 Å². The molecule has 0 spiro atoms. The minimum atomic E-state index is -0.718. The zero-order valence-corrected chi connectivity index (χ0v) is 8.13. The Labute approximate surface area is 74.2 Å². The van der Waals surface area contributed by atoms with Crippen LogP contribution in [0, 0.1) is 5.92 Å². The number of hydrogen-bond donors (Lipinski definition) is 1. The molecule has 70 valence electrons. The van der Waals surface area contributed by atoms with Crippen LogP contribution >= 0.6 is 0 Å². The lowest BCUT2D eigenvalue weighted by molar-refractivity contribution is -0.0600. The van der Waals surface area contributed by atoms with E-state index in [4.69, 9.17) is 4.74 Å². The van der Waals surface area contributed by atoms with Crippen LogP contribution in [0.5, 0.6) is 0 Å². The quantitative estimate of drug-likeness (QED) is 0.640. The van der Waals surface area contributed by atoms with Crippen molar-refractivity contribution in [2.75, 3.05) is 6.61 Å². The van der Waals surface area contributed by atoms with E-state index in [1.165, 1.54) is 0 Å². The molecular formula is C10H18O2. The van der Waals surface area contributed by atoms with Crippen molar-refractivity contribution in [1.82, 2.24) is 0 Å². The SMILES string of the molecule is C=C(C)[C@H]1CO[C@H](C(C)(C)O)C1. The van der Waals surface area contributed by atoms with E-state index in [0.717, 1.165) is 12.0 Å². The molecule has 1 aliphatic rings. The standard InChI is InChI=1S/C10H18O2/c1-7(2)8-5-9(12-6-8)10(3,4)11/h8-9,11H,1,5-6H2,2-4H3/t8-,9+/m1/s1. The highest BCUT2D eigenvalue weighted by Gasteiger charge is 2.35. The lowest BCUT2D eigenvalue weighted by atomic mass is 9.92. The van der Waals surface area contributed by atoms with Gasteiger partial charge in [0.2, 0.25) is 0 Å². The van der Waals surface area contributed by atoms with Crippen LogP contribution in [-0.4, -0.2) is 23.4 Å².